The lowest BCUT2D eigenvalue weighted by atomic mass is 10.1. The first-order valence-electron chi connectivity index (χ1n) is 11.5. The lowest BCUT2D eigenvalue weighted by molar-refractivity contribution is -0.145. The van der Waals surface area contributed by atoms with Crippen LogP contribution in [0.2, 0.25) is 0 Å². The van der Waals surface area contributed by atoms with E-state index in [1.54, 1.807) is 19.9 Å². The van der Waals surface area contributed by atoms with Gasteiger partial charge in [0.2, 0.25) is 0 Å². The van der Waals surface area contributed by atoms with Crippen molar-refractivity contribution in [3.8, 4) is 5.82 Å². The van der Waals surface area contributed by atoms with E-state index in [9.17, 15) is 35.9 Å². The van der Waals surface area contributed by atoms with Crippen molar-refractivity contribution in [2.24, 2.45) is 0 Å². The van der Waals surface area contributed by atoms with Crippen molar-refractivity contribution >= 4 is 33.4 Å². The summed E-state index contributed by atoms with van der Waals surface area (Å²) >= 11 is 3.28. The number of amides is 2. The Labute approximate surface area is 235 Å². The summed E-state index contributed by atoms with van der Waals surface area (Å²) in [7, 11) is 0. The Bertz CT molecular complexity index is 1610. The van der Waals surface area contributed by atoms with E-state index >= 15 is 0 Å². The molecule has 0 saturated carbocycles. The van der Waals surface area contributed by atoms with Gasteiger partial charge in [-0.3, -0.25) is 9.59 Å². The largest absolute Gasteiger partial charge is 0.455 e. The van der Waals surface area contributed by atoms with E-state index in [0.717, 1.165) is 24.4 Å². The van der Waals surface area contributed by atoms with Gasteiger partial charge in [0, 0.05) is 17.2 Å². The second-order valence-electron chi connectivity index (χ2n) is 8.41. The fraction of sp³-hybridized carbons (Fsp3) is 0.261. The summed E-state index contributed by atoms with van der Waals surface area (Å²) in [5.41, 5.74) is -1.30. The highest BCUT2D eigenvalue weighted by atomic mass is 79.9. The third-order valence-corrected chi connectivity index (χ3v) is 5.87. The number of tetrazole rings is 1. The summed E-state index contributed by atoms with van der Waals surface area (Å²) < 4.78 is 81.3. The summed E-state index contributed by atoms with van der Waals surface area (Å²) in [5, 5.41) is 18.6. The molecular formula is C23H18BrF6N9O2. The van der Waals surface area contributed by atoms with E-state index in [2.05, 4.69) is 52.1 Å². The Kier molecular flexibility index (Phi) is 8.14. The molecule has 4 aromatic rings. The molecule has 0 aliphatic rings. The molecule has 0 bridgehead atoms. The van der Waals surface area contributed by atoms with Gasteiger partial charge >= 0.3 is 12.4 Å². The van der Waals surface area contributed by atoms with Crippen LogP contribution in [0.5, 0.6) is 0 Å². The minimum absolute atomic E-state index is 0.0682. The van der Waals surface area contributed by atoms with Gasteiger partial charge in [-0.05, 0) is 55.0 Å². The van der Waals surface area contributed by atoms with Crippen LogP contribution in [0.25, 0.3) is 5.82 Å². The Morgan fingerprint density at radius 1 is 1.02 bits per heavy atom. The van der Waals surface area contributed by atoms with Crippen LogP contribution in [-0.4, -0.2) is 53.3 Å². The van der Waals surface area contributed by atoms with Crippen molar-refractivity contribution < 1.29 is 35.9 Å². The van der Waals surface area contributed by atoms with Crippen molar-refractivity contribution in [2.75, 3.05) is 11.9 Å². The van der Waals surface area contributed by atoms with Gasteiger partial charge in [0.15, 0.2) is 5.82 Å². The normalized spacial score (nSPS) is 11.9. The molecule has 3 aromatic heterocycles. The number of benzene rings is 1. The molecule has 0 radical (unpaired) electrons. The summed E-state index contributed by atoms with van der Waals surface area (Å²) in [5.74, 6) is -3.82. The van der Waals surface area contributed by atoms with Crippen LogP contribution in [-0.2, 0) is 18.9 Å². The number of rotatable bonds is 7. The topological polar surface area (TPSA) is 133 Å². The van der Waals surface area contributed by atoms with Gasteiger partial charge < -0.3 is 10.6 Å². The fourth-order valence-electron chi connectivity index (χ4n) is 3.71. The van der Waals surface area contributed by atoms with Gasteiger partial charge in [-0.1, -0.05) is 15.9 Å². The minimum atomic E-state index is -4.90. The number of anilines is 1. The third kappa shape index (κ3) is 6.53. The average Bonchev–Trinajstić information content (AvgIpc) is 3.53. The van der Waals surface area contributed by atoms with Crippen molar-refractivity contribution in [3.05, 3.63) is 74.9 Å². The summed E-state index contributed by atoms with van der Waals surface area (Å²) in [6, 6.07) is 5.87. The molecule has 4 rings (SSSR count). The number of carbonyl (C=O) groups excluding carboxylic acids is 2. The highest BCUT2D eigenvalue weighted by Crippen LogP contribution is 2.33. The van der Waals surface area contributed by atoms with Gasteiger partial charge in [-0.2, -0.15) is 36.2 Å². The molecule has 2 N–H and O–H groups in total. The van der Waals surface area contributed by atoms with Crippen molar-refractivity contribution in [2.45, 2.75) is 32.7 Å². The van der Waals surface area contributed by atoms with Gasteiger partial charge in [-0.25, -0.2) is 9.67 Å². The first-order valence-corrected chi connectivity index (χ1v) is 12.3. The van der Waals surface area contributed by atoms with Crippen molar-refractivity contribution in [1.29, 1.82) is 0 Å². The van der Waals surface area contributed by atoms with Gasteiger partial charge in [-0.15, -0.1) is 10.2 Å². The number of hydrogen-bond acceptors (Lipinski definition) is 7. The zero-order chi connectivity index (χ0) is 30.1. The maximum atomic E-state index is 13.8. The maximum Gasteiger partial charge on any atom is 0.455 e. The van der Waals surface area contributed by atoms with Gasteiger partial charge in [0.25, 0.3) is 17.6 Å². The van der Waals surface area contributed by atoms with E-state index in [4.69, 9.17) is 0 Å². The highest BCUT2D eigenvalue weighted by Gasteiger charge is 2.38. The Morgan fingerprint density at radius 2 is 1.76 bits per heavy atom. The first kappa shape index (κ1) is 29.6. The molecule has 11 nitrogen and oxygen atoms in total. The molecule has 18 heteroatoms. The molecule has 0 atom stereocenters. The van der Waals surface area contributed by atoms with E-state index in [1.165, 1.54) is 6.07 Å². The second kappa shape index (κ2) is 11.3. The van der Waals surface area contributed by atoms with E-state index in [0.29, 0.717) is 19.5 Å². The SMILES string of the molecule is CCNC(=O)c1cc(Br)cc(C)c1NC(=O)c1cc(Cn2nnc(C(F)(F)F)n2)nn1-c1ncccc1C(F)(F)F. The van der Waals surface area contributed by atoms with Crippen LogP contribution in [0.3, 0.4) is 0 Å². The zero-order valence-corrected chi connectivity index (χ0v) is 22.6. The van der Waals surface area contributed by atoms with Crippen LogP contribution in [0.4, 0.5) is 32.0 Å². The van der Waals surface area contributed by atoms with Gasteiger partial charge in [0.1, 0.15) is 17.8 Å². The van der Waals surface area contributed by atoms with Crippen LogP contribution in [0.15, 0.2) is 41.0 Å². The number of aromatic nitrogens is 7. The van der Waals surface area contributed by atoms with E-state index < -0.39 is 53.6 Å². The molecule has 0 spiro atoms. The molecular weight excluding hydrogens is 628 g/mol. The van der Waals surface area contributed by atoms with E-state index in [-0.39, 0.29) is 23.5 Å². The summed E-state index contributed by atoms with van der Waals surface area (Å²) in [4.78, 5) is 30.5. The van der Waals surface area contributed by atoms with Crippen LogP contribution in [0, 0.1) is 6.92 Å². The molecule has 216 valence electrons. The quantitative estimate of drug-likeness (QED) is 0.285. The van der Waals surface area contributed by atoms with Crippen molar-refractivity contribution in [3.63, 3.8) is 0 Å². The minimum Gasteiger partial charge on any atom is -0.352 e. The molecule has 0 fully saturated rings. The molecule has 0 unspecified atom stereocenters. The Morgan fingerprint density at radius 3 is 2.39 bits per heavy atom. The monoisotopic (exact) mass is 645 g/mol. The predicted octanol–water partition coefficient (Wildman–Crippen LogP) is 4.41. The van der Waals surface area contributed by atoms with E-state index in [1.807, 2.05) is 0 Å². The molecule has 3 heterocycles. The first-order chi connectivity index (χ1) is 19.2. The number of hydrogen-bond donors (Lipinski definition) is 2. The van der Waals surface area contributed by atoms with Crippen LogP contribution < -0.4 is 10.6 Å². The number of aryl methyl sites for hydroxylation is 1. The molecule has 1 aromatic carbocycles. The number of carbonyl (C=O) groups is 2. The lowest BCUT2D eigenvalue weighted by Gasteiger charge is -2.16. The summed E-state index contributed by atoms with van der Waals surface area (Å²) in [6.45, 7) is 2.99. The third-order valence-electron chi connectivity index (χ3n) is 5.42. The molecule has 0 aliphatic carbocycles. The zero-order valence-electron chi connectivity index (χ0n) is 21.0. The van der Waals surface area contributed by atoms with Crippen LogP contribution >= 0.6 is 15.9 Å². The molecule has 0 saturated heterocycles. The molecule has 0 aliphatic heterocycles. The highest BCUT2D eigenvalue weighted by molar-refractivity contribution is 9.10. The predicted molar refractivity (Wildman–Crippen MR) is 133 cm³/mol. The number of pyridine rings is 1. The number of nitrogens with zero attached hydrogens (tertiary/aromatic N) is 7. The average molecular weight is 646 g/mol. The second-order valence-corrected chi connectivity index (χ2v) is 9.32. The number of halogens is 7. The standard InChI is InChI=1S/C23H18BrF6N9O2/c1-3-31-19(40)14-8-12(24)7-11(2)17(14)33-20(41)16-9-13(10-38-36-21(34-37-38)23(28,29)30)35-39(16)18-15(22(25,26)27)5-4-6-32-18/h4-9H,3,10H2,1-2H3,(H,31,40)(H,33,41). The van der Waals surface area contributed by atoms with Crippen LogP contribution in [0.1, 0.15) is 50.4 Å². The maximum absolute atomic E-state index is 13.8. The lowest BCUT2D eigenvalue weighted by Crippen LogP contribution is -2.26. The Balaban J connectivity index is 1.81. The number of nitrogens with one attached hydrogen (secondary N) is 2. The van der Waals surface area contributed by atoms with Crippen molar-refractivity contribution in [1.82, 2.24) is 40.3 Å². The fourth-order valence-corrected chi connectivity index (χ4v) is 4.28. The smallest absolute Gasteiger partial charge is 0.352 e. The molecule has 2 amide bonds. The Hall–Kier alpha value is -4.35. The number of alkyl halides is 6. The summed E-state index contributed by atoms with van der Waals surface area (Å²) in [6.07, 6.45) is -8.73. The van der Waals surface area contributed by atoms with Gasteiger partial charge in [0.05, 0.1) is 16.9 Å². The molecule has 41 heavy (non-hydrogen) atoms.